The molecule has 190 valence electrons. The van der Waals surface area contributed by atoms with Crippen LogP contribution in [0.15, 0.2) is 100 Å². The summed E-state index contributed by atoms with van der Waals surface area (Å²) in [5.74, 6) is -0.561. The topological polar surface area (TPSA) is 87.0 Å². The van der Waals surface area contributed by atoms with Gasteiger partial charge in [-0.15, -0.1) is 0 Å². The van der Waals surface area contributed by atoms with Crippen molar-refractivity contribution in [3.63, 3.8) is 0 Å². The van der Waals surface area contributed by atoms with Crippen LogP contribution in [0.4, 0.5) is 0 Å². The van der Waals surface area contributed by atoms with E-state index in [1.807, 2.05) is 66.7 Å². The summed E-state index contributed by atoms with van der Waals surface area (Å²) in [7, 11) is 0. The van der Waals surface area contributed by atoms with E-state index in [9.17, 15) is 14.4 Å². The zero-order valence-electron chi connectivity index (χ0n) is 20.8. The fourth-order valence-electron chi connectivity index (χ4n) is 4.38. The molecule has 8 heteroatoms. The Morgan fingerprint density at radius 2 is 1.71 bits per heavy atom. The normalized spacial score (nSPS) is 15.0. The van der Waals surface area contributed by atoms with Gasteiger partial charge in [-0.25, -0.2) is 9.79 Å². The highest BCUT2D eigenvalue weighted by Crippen LogP contribution is 2.35. The molecule has 0 N–H and O–H groups in total. The number of benzene rings is 3. The third-order valence-electron chi connectivity index (χ3n) is 5.91. The minimum absolute atomic E-state index is 0.189. The number of thiazole rings is 1. The predicted octanol–water partition coefficient (Wildman–Crippen LogP) is 3.86. The summed E-state index contributed by atoms with van der Waals surface area (Å²) in [6.45, 7) is 3.27. The van der Waals surface area contributed by atoms with Gasteiger partial charge in [0.15, 0.2) is 4.80 Å². The number of carbonyl (C=O) groups is 2. The van der Waals surface area contributed by atoms with E-state index in [0.29, 0.717) is 31.9 Å². The van der Waals surface area contributed by atoms with Gasteiger partial charge in [-0.2, -0.15) is 0 Å². The van der Waals surface area contributed by atoms with Crippen LogP contribution >= 0.6 is 11.3 Å². The van der Waals surface area contributed by atoms with Crippen molar-refractivity contribution in [2.45, 2.75) is 19.9 Å². The van der Waals surface area contributed by atoms with Crippen LogP contribution in [0.1, 0.15) is 36.6 Å². The van der Waals surface area contributed by atoms with Crippen molar-refractivity contribution >= 4 is 35.0 Å². The lowest BCUT2D eigenvalue weighted by Crippen LogP contribution is -2.39. The largest absolute Gasteiger partial charge is 0.463 e. The molecule has 1 aliphatic rings. The van der Waals surface area contributed by atoms with E-state index in [2.05, 4.69) is 0 Å². The summed E-state index contributed by atoms with van der Waals surface area (Å²) in [5, 5.41) is 0. The van der Waals surface area contributed by atoms with E-state index in [4.69, 9.17) is 14.5 Å². The second-order valence-electron chi connectivity index (χ2n) is 8.51. The first-order valence-electron chi connectivity index (χ1n) is 12.1. The zero-order valence-corrected chi connectivity index (χ0v) is 21.6. The number of carbonyl (C=O) groups excluding carboxylic acids is 2. The first kappa shape index (κ1) is 25.1. The number of esters is 2. The van der Waals surface area contributed by atoms with E-state index in [1.165, 1.54) is 18.3 Å². The van der Waals surface area contributed by atoms with Crippen LogP contribution in [-0.4, -0.2) is 23.1 Å². The van der Waals surface area contributed by atoms with Gasteiger partial charge in [-0.3, -0.25) is 14.2 Å². The second-order valence-corrected chi connectivity index (χ2v) is 9.52. The van der Waals surface area contributed by atoms with Crippen LogP contribution in [0.2, 0.25) is 0 Å². The van der Waals surface area contributed by atoms with Crippen molar-refractivity contribution in [3.8, 4) is 5.75 Å². The van der Waals surface area contributed by atoms with Crippen LogP contribution in [0.3, 0.4) is 0 Å². The molecule has 0 radical (unpaired) electrons. The zero-order chi connectivity index (χ0) is 26.6. The molecule has 0 saturated carbocycles. The molecule has 0 saturated heterocycles. The SMILES string of the molecule is CCOC(=O)C1=C(c2ccccc2)N=c2s/c(=C\c3cccc(OC(C)=O)c3)c(=O)n2[C@H]1c1ccccc1. The Morgan fingerprint density at radius 1 is 1.00 bits per heavy atom. The molecule has 0 bridgehead atoms. The molecule has 1 aliphatic heterocycles. The summed E-state index contributed by atoms with van der Waals surface area (Å²) in [4.78, 5) is 43.9. The lowest BCUT2D eigenvalue weighted by molar-refractivity contribution is -0.139. The first-order chi connectivity index (χ1) is 18.5. The van der Waals surface area contributed by atoms with Crippen molar-refractivity contribution in [3.05, 3.63) is 127 Å². The molecular weight excluding hydrogens is 500 g/mol. The highest BCUT2D eigenvalue weighted by Gasteiger charge is 2.35. The molecule has 1 atom stereocenters. The van der Waals surface area contributed by atoms with Gasteiger partial charge in [0.05, 0.1) is 28.5 Å². The van der Waals surface area contributed by atoms with Crippen molar-refractivity contribution < 1.29 is 19.1 Å². The summed E-state index contributed by atoms with van der Waals surface area (Å²) in [6, 6.07) is 25.0. The molecule has 4 aromatic rings. The minimum Gasteiger partial charge on any atom is -0.463 e. The Hall–Kier alpha value is -4.56. The third kappa shape index (κ3) is 4.99. The van der Waals surface area contributed by atoms with Crippen molar-refractivity contribution in [1.29, 1.82) is 0 Å². The Bertz CT molecular complexity index is 1720. The summed E-state index contributed by atoms with van der Waals surface area (Å²) in [5.41, 5.74) is 2.71. The standard InChI is InChI=1S/C30H24N2O5S/c1-3-36-29(35)25-26(21-12-6-4-7-13-21)31-30-32(27(25)22-14-8-5-9-15-22)28(34)24(38-30)18-20-11-10-16-23(17-20)37-19(2)33/h4-18,27H,3H2,1-2H3/b24-18-/t27-/m0/s1. The van der Waals surface area contributed by atoms with Crippen LogP contribution in [0.25, 0.3) is 11.8 Å². The predicted molar refractivity (Wildman–Crippen MR) is 145 cm³/mol. The number of fused-ring (bicyclic) bond motifs is 1. The summed E-state index contributed by atoms with van der Waals surface area (Å²) < 4.78 is 12.6. The van der Waals surface area contributed by atoms with Gasteiger partial charge in [0.2, 0.25) is 0 Å². The van der Waals surface area contributed by atoms with E-state index in [0.717, 1.165) is 11.1 Å². The summed E-state index contributed by atoms with van der Waals surface area (Å²) >= 11 is 1.23. The highest BCUT2D eigenvalue weighted by atomic mass is 32.1. The third-order valence-corrected chi connectivity index (χ3v) is 6.89. The minimum atomic E-state index is -0.726. The maximum absolute atomic E-state index is 13.9. The number of nitrogens with zero attached hydrogens (tertiary/aromatic N) is 2. The van der Waals surface area contributed by atoms with Gasteiger partial charge >= 0.3 is 11.9 Å². The number of hydrogen-bond donors (Lipinski definition) is 0. The van der Waals surface area contributed by atoms with Gasteiger partial charge in [0, 0.05) is 12.5 Å². The summed E-state index contributed by atoms with van der Waals surface area (Å²) in [6.07, 6.45) is 1.73. The second kappa shape index (κ2) is 10.8. The number of aromatic nitrogens is 1. The lowest BCUT2D eigenvalue weighted by atomic mass is 9.93. The molecule has 38 heavy (non-hydrogen) atoms. The average molecular weight is 525 g/mol. The number of rotatable bonds is 6. The van der Waals surface area contributed by atoms with E-state index in [1.54, 1.807) is 35.8 Å². The van der Waals surface area contributed by atoms with Gasteiger partial charge in [0.25, 0.3) is 5.56 Å². The lowest BCUT2D eigenvalue weighted by Gasteiger charge is -2.25. The smallest absolute Gasteiger partial charge is 0.338 e. The van der Waals surface area contributed by atoms with Crippen molar-refractivity contribution in [1.82, 2.24) is 4.57 Å². The fraction of sp³-hybridized carbons (Fsp3) is 0.133. The van der Waals surface area contributed by atoms with Gasteiger partial charge in [0.1, 0.15) is 5.75 Å². The highest BCUT2D eigenvalue weighted by molar-refractivity contribution is 7.07. The monoisotopic (exact) mass is 524 g/mol. The Balaban J connectivity index is 1.77. The van der Waals surface area contributed by atoms with Gasteiger partial charge in [-0.1, -0.05) is 84.1 Å². The van der Waals surface area contributed by atoms with E-state index >= 15 is 0 Å². The molecule has 1 aromatic heterocycles. The molecule has 3 aromatic carbocycles. The molecule has 7 nitrogen and oxygen atoms in total. The first-order valence-corrected chi connectivity index (χ1v) is 12.9. The fourth-order valence-corrected chi connectivity index (χ4v) is 5.38. The molecule has 5 rings (SSSR count). The van der Waals surface area contributed by atoms with Crippen LogP contribution in [0, 0.1) is 0 Å². The molecule has 2 heterocycles. The average Bonchev–Trinajstić information content (AvgIpc) is 3.23. The Morgan fingerprint density at radius 3 is 2.39 bits per heavy atom. The van der Waals surface area contributed by atoms with Crippen molar-refractivity contribution in [2.24, 2.45) is 4.99 Å². The molecule has 0 spiro atoms. The maximum Gasteiger partial charge on any atom is 0.338 e. The molecule has 0 unspecified atom stereocenters. The van der Waals surface area contributed by atoms with E-state index < -0.39 is 18.0 Å². The molecule has 0 amide bonds. The van der Waals surface area contributed by atoms with Crippen LogP contribution < -0.4 is 19.6 Å². The number of hydrogen-bond acceptors (Lipinski definition) is 7. The van der Waals surface area contributed by atoms with E-state index in [-0.39, 0.29) is 12.2 Å². The van der Waals surface area contributed by atoms with Crippen LogP contribution in [0.5, 0.6) is 5.75 Å². The quantitative estimate of drug-likeness (QED) is 0.282. The van der Waals surface area contributed by atoms with Gasteiger partial charge in [-0.05, 0) is 36.3 Å². The molecule has 0 aliphatic carbocycles. The Labute approximate surface area is 222 Å². The van der Waals surface area contributed by atoms with Crippen LogP contribution in [-0.2, 0) is 14.3 Å². The molecule has 0 fully saturated rings. The maximum atomic E-state index is 13.9. The van der Waals surface area contributed by atoms with Crippen molar-refractivity contribution in [2.75, 3.05) is 6.61 Å². The van der Waals surface area contributed by atoms with Gasteiger partial charge < -0.3 is 9.47 Å². The molecular formula is C30H24N2O5S. The number of ether oxygens (including phenoxy) is 2. The Kier molecular flexibility index (Phi) is 7.15.